The molecule has 0 bridgehead atoms. The predicted octanol–water partition coefficient (Wildman–Crippen LogP) is 1.96. The summed E-state index contributed by atoms with van der Waals surface area (Å²) in [6.45, 7) is 0. The first-order valence-corrected chi connectivity index (χ1v) is 4.37. The third-order valence-electron chi connectivity index (χ3n) is 0.816. The van der Waals surface area contributed by atoms with E-state index in [1.807, 2.05) is 6.26 Å². The van der Waals surface area contributed by atoms with Gasteiger partial charge in [0, 0.05) is 12.4 Å². The first kappa shape index (κ1) is 7.02. The molecule has 0 saturated carbocycles. The zero-order valence-corrected chi connectivity index (χ0v) is 7.24. The number of halogens is 1. The molecule has 0 aliphatic heterocycles. The fourth-order valence-electron chi connectivity index (χ4n) is 0.445. The second kappa shape index (κ2) is 3.17. The Morgan fingerprint density at radius 1 is 1.44 bits per heavy atom. The minimum absolute atomic E-state index is 0.817. The van der Waals surface area contributed by atoms with Crippen molar-refractivity contribution in [3.8, 4) is 0 Å². The molecule has 0 unspecified atom stereocenters. The topological polar surface area (TPSA) is 25.8 Å². The second-order valence-corrected chi connectivity index (χ2v) is 2.90. The molecule has 1 aromatic rings. The Hall–Kier alpha value is -0.0900. The quantitative estimate of drug-likeness (QED) is 0.655. The standard InChI is InChI=1S/C5H5BrN2S/c1-9-5-4(6)7-2-3-8-5/h2-3H,1H3. The summed E-state index contributed by atoms with van der Waals surface area (Å²) in [7, 11) is 0. The van der Waals surface area contributed by atoms with Crippen LogP contribution in [0.3, 0.4) is 0 Å². The average molecular weight is 205 g/mol. The molecule has 48 valence electrons. The van der Waals surface area contributed by atoms with Gasteiger partial charge in [0.05, 0.1) is 0 Å². The van der Waals surface area contributed by atoms with Gasteiger partial charge in [0.1, 0.15) is 9.63 Å². The molecule has 0 atom stereocenters. The molecule has 0 spiro atoms. The van der Waals surface area contributed by atoms with E-state index < -0.39 is 0 Å². The zero-order chi connectivity index (χ0) is 6.69. The van der Waals surface area contributed by atoms with Gasteiger partial charge in [-0.3, -0.25) is 0 Å². The van der Waals surface area contributed by atoms with Crippen molar-refractivity contribution < 1.29 is 0 Å². The maximum absolute atomic E-state index is 4.05. The Labute approximate surface area is 66.2 Å². The molecule has 4 heteroatoms. The van der Waals surface area contributed by atoms with Crippen LogP contribution in [0.4, 0.5) is 0 Å². The van der Waals surface area contributed by atoms with E-state index in [9.17, 15) is 0 Å². The predicted molar refractivity (Wildman–Crippen MR) is 41.5 cm³/mol. The lowest BCUT2D eigenvalue weighted by molar-refractivity contribution is 1.02. The molecule has 0 N–H and O–H groups in total. The van der Waals surface area contributed by atoms with Crippen LogP contribution in [0.2, 0.25) is 0 Å². The lowest BCUT2D eigenvalue weighted by atomic mass is 10.8. The van der Waals surface area contributed by atoms with Crippen LogP contribution in [-0.4, -0.2) is 16.2 Å². The molecule has 1 aromatic heterocycles. The van der Waals surface area contributed by atoms with Crippen LogP contribution in [0.5, 0.6) is 0 Å². The van der Waals surface area contributed by atoms with Crippen LogP contribution in [-0.2, 0) is 0 Å². The molecule has 9 heavy (non-hydrogen) atoms. The molecule has 2 nitrogen and oxygen atoms in total. The Bertz CT molecular complexity index is 204. The highest BCUT2D eigenvalue weighted by molar-refractivity contribution is 9.10. The van der Waals surface area contributed by atoms with Gasteiger partial charge in [-0.25, -0.2) is 9.97 Å². The minimum atomic E-state index is 0.817. The van der Waals surface area contributed by atoms with Crippen LogP contribution in [0.15, 0.2) is 22.0 Å². The van der Waals surface area contributed by atoms with Gasteiger partial charge in [-0.05, 0) is 22.2 Å². The van der Waals surface area contributed by atoms with E-state index in [0.29, 0.717) is 0 Å². The van der Waals surface area contributed by atoms with Crippen LogP contribution in [0.1, 0.15) is 0 Å². The first-order chi connectivity index (χ1) is 4.34. The van der Waals surface area contributed by atoms with Crippen molar-refractivity contribution in [1.29, 1.82) is 0 Å². The molecular formula is C5H5BrN2S. The molecule has 0 aliphatic carbocycles. The van der Waals surface area contributed by atoms with Crippen molar-refractivity contribution in [3.63, 3.8) is 0 Å². The second-order valence-electron chi connectivity index (χ2n) is 1.36. The Kier molecular flexibility index (Phi) is 2.48. The Morgan fingerprint density at radius 2 is 2.11 bits per heavy atom. The number of hydrogen-bond donors (Lipinski definition) is 0. The maximum atomic E-state index is 4.05. The van der Waals surface area contributed by atoms with Crippen LogP contribution in [0.25, 0.3) is 0 Å². The molecule has 0 amide bonds. The van der Waals surface area contributed by atoms with Crippen molar-refractivity contribution in [1.82, 2.24) is 9.97 Å². The third kappa shape index (κ3) is 1.66. The number of aromatic nitrogens is 2. The lowest BCUT2D eigenvalue weighted by Gasteiger charge is -1.93. The molecule has 0 aliphatic rings. The largest absolute Gasteiger partial charge is 0.245 e. The van der Waals surface area contributed by atoms with Crippen LogP contribution in [0, 0.1) is 0 Å². The molecule has 0 aromatic carbocycles. The van der Waals surface area contributed by atoms with E-state index in [-0.39, 0.29) is 0 Å². The summed E-state index contributed by atoms with van der Waals surface area (Å²) < 4.78 is 0.817. The van der Waals surface area contributed by atoms with Gasteiger partial charge in [-0.2, -0.15) is 0 Å². The molecule has 1 heterocycles. The van der Waals surface area contributed by atoms with Crippen LogP contribution >= 0.6 is 27.7 Å². The van der Waals surface area contributed by atoms with Gasteiger partial charge in [0.2, 0.25) is 0 Å². The van der Waals surface area contributed by atoms with Gasteiger partial charge >= 0.3 is 0 Å². The summed E-state index contributed by atoms with van der Waals surface area (Å²) in [4.78, 5) is 8.03. The van der Waals surface area contributed by atoms with Crippen molar-refractivity contribution in [2.75, 3.05) is 6.26 Å². The first-order valence-electron chi connectivity index (χ1n) is 2.35. The fourth-order valence-corrected chi connectivity index (χ4v) is 1.54. The third-order valence-corrected chi connectivity index (χ3v) is 2.34. The van der Waals surface area contributed by atoms with E-state index in [0.717, 1.165) is 9.63 Å². The summed E-state index contributed by atoms with van der Waals surface area (Å²) in [6, 6.07) is 0. The normalized spacial score (nSPS) is 9.56. The summed E-state index contributed by atoms with van der Waals surface area (Å²) in [5, 5.41) is 0.928. The van der Waals surface area contributed by atoms with Crippen molar-refractivity contribution in [2.45, 2.75) is 5.03 Å². The number of thioether (sulfide) groups is 1. The maximum Gasteiger partial charge on any atom is 0.138 e. The van der Waals surface area contributed by atoms with Gasteiger partial charge in [0.15, 0.2) is 0 Å². The smallest absolute Gasteiger partial charge is 0.138 e. The number of rotatable bonds is 1. The van der Waals surface area contributed by atoms with Crippen molar-refractivity contribution >= 4 is 27.7 Å². The van der Waals surface area contributed by atoms with Gasteiger partial charge in [-0.15, -0.1) is 11.8 Å². The van der Waals surface area contributed by atoms with Gasteiger partial charge in [-0.1, -0.05) is 0 Å². The van der Waals surface area contributed by atoms with Gasteiger partial charge < -0.3 is 0 Å². The zero-order valence-electron chi connectivity index (χ0n) is 4.84. The summed E-state index contributed by atoms with van der Waals surface area (Å²) in [5.74, 6) is 0. The molecule has 0 saturated heterocycles. The van der Waals surface area contributed by atoms with E-state index in [4.69, 9.17) is 0 Å². The Balaban J connectivity index is 3.01. The summed E-state index contributed by atoms with van der Waals surface area (Å²) >= 11 is 4.84. The van der Waals surface area contributed by atoms with E-state index in [1.165, 1.54) is 0 Å². The molecule has 0 radical (unpaired) electrons. The number of nitrogens with zero attached hydrogens (tertiary/aromatic N) is 2. The average Bonchev–Trinajstić information content (AvgIpc) is 1.89. The van der Waals surface area contributed by atoms with E-state index >= 15 is 0 Å². The highest BCUT2D eigenvalue weighted by Gasteiger charge is 1.95. The molecule has 1 rings (SSSR count). The monoisotopic (exact) mass is 204 g/mol. The van der Waals surface area contributed by atoms with Gasteiger partial charge in [0.25, 0.3) is 0 Å². The molecule has 0 fully saturated rings. The SMILES string of the molecule is CSc1nccnc1Br. The highest BCUT2D eigenvalue weighted by Crippen LogP contribution is 2.18. The molecular weight excluding hydrogens is 200 g/mol. The van der Waals surface area contributed by atoms with Crippen molar-refractivity contribution in [2.24, 2.45) is 0 Å². The van der Waals surface area contributed by atoms with Crippen molar-refractivity contribution in [3.05, 3.63) is 17.0 Å². The van der Waals surface area contributed by atoms with E-state index in [1.54, 1.807) is 24.2 Å². The summed E-state index contributed by atoms with van der Waals surface area (Å²) in [6.07, 6.45) is 5.30. The Morgan fingerprint density at radius 3 is 2.56 bits per heavy atom. The highest BCUT2D eigenvalue weighted by atomic mass is 79.9. The lowest BCUT2D eigenvalue weighted by Crippen LogP contribution is -1.81. The minimum Gasteiger partial charge on any atom is -0.245 e. The summed E-state index contributed by atoms with van der Waals surface area (Å²) in [5.41, 5.74) is 0. The van der Waals surface area contributed by atoms with Crippen LogP contribution < -0.4 is 0 Å². The number of hydrogen-bond acceptors (Lipinski definition) is 3. The van der Waals surface area contributed by atoms with E-state index in [2.05, 4.69) is 25.9 Å². The fraction of sp³-hybridized carbons (Fsp3) is 0.200.